The molecule has 68 valence electrons. The Morgan fingerprint density at radius 3 is 2.77 bits per heavy atom. The molecule has 2 rings (SSSR count). The molecule has 1 N–H and O–H groups in total. The first-order valence-electron chi connectivity index (χ1n) is 3.73. The lowest BCUT2D eigenvalue weighted by molar-refractivity contribution is 0.223. The minimum Gasteiger partial charge on any atom is -0.472 e. The van der Waals surface area contributed by atoms with E-state index >= 15 is 0 Å². The second kappa shape index (κ2) is 3.54. The summed E-state index contributed by atoms with van der Waals surface area (Å²) in [6.07, 6.45) is 2.43. The van der Waals surface area contributed by atoms with Crippen LogP contribution in [0.1, 0.15) is 16.5 Å². The van der Waals surface area contributed by atoms with Crippen LogP contribution in [-0.2, 0) is 0 Å². The van der Waals surface area contributed by atoms with Crippen LogP contribution in [-0.4, -0.2) is 5.11 Å². The lowest BCUT2D eigenvalue weighted by Crippen LogP contribution is -1.93. The Labute approximate surface area is 84.4 Å². The van der Waals surface area contributed by atoms with Crippen molar-refractivity contribution in [2.75, 3.05) is 0 Å². The first-order chi connectivity index (χ1) is 6.27. The van der Waals surface area contributed by atoms with E-state index in [1.807, 2.05) is 6.07 Å². The Balaban J connectivity index is 2.28. The van der Waals surface area contributed by atoms with Gasteiger partial charge in [0, 0.05) is 10.4 Å². The topological polar surface area (TPSA) is 33.4 Å². The molecule has 0 amide bonds. The summed E-state index contributed by atoms with van der Waals surface area (Å²) in [5, 5.41) is 9.79. The van der Waals surface area contributed by atoms with Gasteiger partial charge >= 0.3 is 0 Å². The molecule has 2 nitrogen and oxygen atoms in total. The quantitative estimate of drug-likeness (QED) is 0.834. The summed E-state index contributed by atoms with van der Waals surface area (Å²) in [5.41, 5.74) is 0.749. The first-order valence-corrected chi connectivity index (χ1v) is 4.92. The Morgan fingerprint density at radius 2 is 2.23 bits per heavy atom. The summed E-state index contributed by atoms with van der Waals surface area (Å²) in [6, 6.07) is 5.31. The van der Waals surface area contributed by atoms with Gasteiger partial charge in [-0.2, -0.15) is 0 Å². The predicted octanol–water partition coefficient (Wildman–Crippen LogP) is 3.08. The molecule has 2 aromatic rings. The SMILES string of the molecule is O[C@H](c1ccoc1)c1ccc(Cl)s1. The zero-order chi connectivity index (χ0) is 9.26. The van der Waals surface area contributed by atoms with Crippen LogP contribution in [0.15, 0.2) is 35.1 Å². The molecule has 13 heavy (non-hydrogen) atoms. The normalized spacial score (nSPS) is 13.1. The molecule has 0 spiro atoms. The molecule has 0 aromatic carbocycles. The van der Waals surface area contributed by atoms with Crippen molar-refractivity contribution >= 4 is 22.9 Å². The highest BCUT2D eigenvalue weighted by Gasteiger charge is 2.13. The number of aliphatic hydroxyl groups is 1. The van der Waals surface area contributed by atoms with E-state index < -0.39 is 6.10 Å². The fraction of sp³-hybridized carbons (Fsp3) is 0.111. The molecule has 1 atom stereocenters. The van der Waals surface area contributed by atoms with Gasteiger partial charge in [0.2, 0.25) is 0 Å². The van der Waals surface area contributed by atoms with Gasteiger partial charge in [0.1, 0.15) is 6.10 Å². The minimum atomic E-state index is -0.628. The summed E-state index contributed by atoms with van der Waals surface area (Å²) >= 11 is 7.12. The standard InChI is InChI=1S/C9H7ClO2S/c10-8-2-1-7(13-8)9(11)6-3-4-12-5-6/h1-5,9,11H/t9-/m1/s1. The summed E-state index contributed by atoms with van der Waals surface area (Å²) in [6.45, 7) is 0. The third kappa shape index (κ3) is 1.77. The molecular weight excluding hydrogens is 208 g/mol. The zero-order valence-corrected chi connectivity index (χ0v) is 8.18. The Kier molecular flexibility index (Phi) is 2.40. The average molecular weight is 215 g/mol. The Morgan fingerprint density at radius 1 is 1.38 bits per heavy atom. The number of halogens is 1. The van der Waals surface area contributed by atoms with Crippen LogP contribution in [0.25, 0.3) is 0 Å². The van der Waals surface area contributed by atoms with Gasteiger partial charge in [0.15, 0.2) is 0 Å². The molecule has 0 fully saturated rings. The lowest BCUT2D eigenvalue weighted by Gasteiger charge is -2.03. The molecule has 0 saturated carbocycles. The predicted molar refractivity (Wildman–Crippen MR) is 52.1 cm³/mol. The summed E-state index contributed by atoms with van der Waals surface area (Å²) in [4.78, 5) is 0.825. The number of furan rings is 1. The molecule has 4 heteroatoms. The van der Waals surface area contributed by atoms with Crippen molar-refractivity contribution in [2.24, 2.45) is 0 Å². The van der Waals surface area contributed by atoms with E-state index in [0.29, 0.717) is 4.34 Å². The fourth-order valence-electron chi connectivity index (χ4n) is 1.07. The van der Waals surface area contributed by atoms with Gasteiger partial charge in [-0.05, 0) is 18.2 Å². The highest BCUT2D eigenvalue weighted by molar-refractivity contribution is 7.16. The van der Waals surface area contributed by atoms with Crippen molar-refractivity contribution in [2.45, 2.75) is 6.10 Å². The van der Waals surface area contributed by atoms with Crippen LogP contribution >= 0.6 is 22.9 Å². The smallest absolute Gasteiger partial charge is 0.116 e. The number of thiophene rings is 1. The summed E-state index contributed by atoms with van der Waals surface area (Å²) in [7, 11) is 0. The third-order valence-electron chi connectivity index (χ3n) is 1.72. The third-order valence-corrected chi connectivity index (χ3v) is 3.01. The summed E-state index contributed by atoms with van der Waals surface area (Å²) < 4.78 is 5.55. The molecule has 0 saturated heterocycles. The molecule has 0 radical (unpaired) electrons. The van der Waals surface area contributed by atoms with E-state index in [2.05, 4.69) is 0 Å². The van der Waals surface area contributed by atoms with E-state index in [0.717, 1.165) is 10.4 Å². The monoisotopic (exact) mass is 214 g/mol. The van der Waals surface area contributed by atoms with Gasteiger partial charge in [0.25, 0.3) is 0 Å². The van der Waals surface area contributed by atoms with Crippen molar-refractivity contribution in [3.05, 3.63) is 45.5 Å². The van der Waals surface area contributed by atoms with Crippen molar-refractivity contribution < 1.29 is 9.52 Å². The highest BCUT2D eigenvalue weighted by Crippen LogP contribution is 2.30. The average Bonchev–Trinajstić information content (AvgIpc) is 2.72. The van der Waals surface area contributed by atoms with E-state index in [4.69, 9.17) is 16.0 Å². The van der Waals surface area contributed by atoms with Crippen molar-refractivity contribution in [1.82, 2.24) is 0 Å². The Hall–Kier alpha value is -0.770. The van der Waals surface area contributed by atoms with Crippen LogP contribution in [0, 0.1) is 0 Å². The van der Waals surface area contributed by atoms with Crippen LogP contribution in [0.4, 0.5) is 0 Å². The lowest BCUT2D eigenvalue weighted by atomic mass is 10.2. The molecule has 0 bridgehead atoms. The number of hydrogen-bond acceptors (Lipinski definition) is 3. The van der Waals surface area contributed by atoms with Crippen LogP contribution in [0.5, 0.6) is 0 Å². The second-order valence-corrected chi connectivity index (χ2v) is 4.35. The van der Waals surface area contributed by atoms with Gasteiger partial charge in [-0.25, -0.2) is 0 Å². The van der Waals surface area contributed by atoms with Gasteiger partial charge in [0.05, 0.1) is 16.9 Å². The molecule has 0 aliphatic carbocycles. The molecule has 0 unspecified atom stereocenters. The highest BCUT2D eigenvalue weighted by atomic mass is 35.5. The van der Waals surface area contributed by atoms with Crippen molar-refractivity contribution in [1.29, 1.82) is 0 Å². The number of rotatable bonds is 2. The van der Waals surface area contributed by atoms with Gasteiger partial charge in [-0.15, -0.1) is 11.3 Å². The minimum absolute atomic E-state index is 0.628. The van der Waals surface area contributed by atoms with Gasteiger partial charge < -0.3 is 9.52 Å². The first kappa shape index (κ1) is 8.81. The maximum atomic E-state index is 9.79. The molecule has 2 heterocycles. The number of aliphatic hydroxyl groups excluding tert-OH is 1. The van der Waals surface area contributed by atoms with E-state index in [-0.39, 0.29) is 0 Å². The van der Waals surface area contributed by atoms with Crippen LogP contribution in [0.3, 0.4) is 0 Å². The Bertz CT molecular complexity index is 380. The molecule has 0 aliphatic heterocycles. The second-order valence-electron chi connectivity index (χ2n) is 2.60. The van der Waals surface area contributed by atoms with E-state index in [1.54, 1.807) is 12.1 Å². The number of hydrogen-bond donors (Lipinski definition) is 1. The van der Waals surface area contributed by atoms with E-state index in [9.17, 15) is 5.11 Å². The largest absolute Gasteiger partial charge is 0.472 e. The van der Waals surface area contributed by atoms with Crippen molar-refractivity contribution in [3.8, 4) is 0 Å². The van der Waals surface area contributed by atoms with Crippen LogP contribution < -0.4 is 0 Å². The van der Waals surface area contributed by atoms with Gasteiger partial charge in [-0.3, -0.25) is 0 Å². The van der Waals surface area contributed by atoms with Crippen LogP contribution in [0.2, 0.25) is 4.34 Å². The maximum Gasteiger partial charge on any atom is 0.116 e. The molecular formula is C9H7ClO2S. The molecule has 2 aromatic heterocycles. The van der Waals surface area contributed by atoms with Crippen molar-refractivity contribution in [3.63, 3.8) is 0 Å². The van der Waals surface area contributed by atoms with E-state index in [1.165, 1.54) is 23.9 Å². The fourth-order valence-corrected chi connectivity index (χ4v) is 2.15. The molecule has 0 aliphatic rings. The maximum absolute atomic E-state index is 9.79. The van der Waals surface area contributed by atoms with Gasteiger partial charge in [-0.1, -0.05) is 11.6 Å². The zero-order valence-electron chi connectivity index (χ0n) is 6.61. The summed E-state index contributed by atoms with van der Waals surface area (Å²) in [5.74, 6) is 0.